The third-order valence-electron chi connectivity index (χ3n) is 3.14. The van der Waals surface area contributed by atoms with Gasteiger partial charge in [0.05, 0.1) is 0 Å². The van der Waals surface area contributed by atoms with Gasteiger partial charge >= 0.3 is 0 Å². The Balaban J connectivity index is 2.02. The van der Waals surface area contributed by atoms with E-state index in [0.717, 1.165) is 22.6 Å². The van der Waals surface area contributed by atoms with Crippen LogP contribution in [-0.2, 0) is 0 Å². The van der Waals surface area contributed by atoms with E-state index in [2.05, 4.69) is 0 Å². The second kappa shape index (κ2) is 4.76. The highest BCUT2D eigenvalue weighted by Gasteiger charge is 2.12. The van der Waals surface area contributed by atoms with Gasteiger partial charge < -0.3 is 9.47 Å². The van der Waals surface area contributed by atoms with E-state index < -0.39 is 0 Å². The summed E-state index contributed by atoms with van der Waals surface area (Å²) in [6.07, 6.45) is 0. The largest absolute Gasteiger partial charge is 0.486 e. The van der Waals surface area contributed by atoms with E-state index >= 15 is 0 Å². The zero-order valence-corrected chi connectivity index (χ0v) is 10.7. The van der Waals surface area contributed by atoms with Crippen LogP contribution in [0.25, 0.3) is 11.1 Å². The highest BCUT2D eigenvalue weighted by atomic mass is 16.6. The molecule has 1 aliphatic rings. The Hall–Kier alpha value is -2.29. The lowest BCUT2D eigenvalue weighted by Gasteiger charge is -2.19. The van der Waals surface area contributed by atoms with E-state index in [1.807, 2.05) is 42.5 Å². The van der Waals surface area contributed by atoms with Crippen LogP contribution in [0.15, 0.2) is 42.5 Å². The van der Waals surface area contributed by atoms with Gasteiger partial charge in [-0.15, -0.1) is 0 Å². The molecule has 0 saturated carbocycles. The van der Waals surface area contributed by atoms with E-state index in [1.165, 1.54) is 0 Å². The maximum absolute atomic E-state index is 11.4. The van der Waals surface area contributed by atoms with Gasteiger partial charge in [-0.25, -0.2) is 0 Å². The molecule has 3 rings (SSSR count). The monoisotopic (exact) mass is 254 g/mol. The molecule has 1 heterocycles. The number of ketones is 1. The van der Waals surface area contributed by atoms with Crippen molar-refractivity contribution in [1.29, 1.82) is 0 Å². The van der Waals surface area contributed by atoms with Crippen molar-refractivity contribution in [2.24, 2.45) is 0 Å². The molecular weight excluding hydrogens is 240 g/mol. The minimum atomic E-state index is 0.0689. The zero-order valence-electron chi connectivity index (χ0n) is 10.7. The fourth-order valence-corrected chi connectivity index (χ4v) is 2.14. The van der Waals surface area contributed by atoms with Crippen LogP contribution in [0.1, 0.15) is 17.3 Å². The van der Waals surface area contributed by atoms with Crippen LogP contribution in [0.3, 0.4) is 0 Å². The van der Waals surface area contributed by atoms with Crippen LogP contribution in [0.5, 0.6) is 11.5 Å². The van der Waals surface area contributed by atoms with Gasteiger partial charge in [-0.05, 0) is 36.2 Å². The molecule has 0 fully saturated rings. The normalized spacial score (nSPS) is 13.1. The Labute approximate surface area is 111 Å². The molecule has 2 aromatic rings. The summed E-state index contributed by atoms with van der Waals surface area (Å²) < 4.78 is 11.1. The maximum Gasteiger partial charge on any atom is 0.161 e. The molecule has 3 nitrogen and oxygen atoms in total. The van der Waals surface area contributed by atoms with Crippen molar-refractivity contribution in [1.82, 2.24) is 0 Å². The van der Waals surface area contributed by atoms with E-state index in [4.69, 9.17) is 9.47 Å². The Bertz CT molecular complexity index is 632. The maximum atomic E-state index is 11.4. The highest BCUT2D eigenvalue weighted by molar-refractivity contribution is 5.95. The lowest BCUT2D eigenvalue weighted by Crippen LogP contribution is -2.15. The number of ether oxygens (including phenoxy) is 2. The van der Waals surface area contributed by atoms with Crippen molar-refractivity contribution < 1.29 is 14.3 Å². The smallest absolute Gasteiger partial charge is 0.161 e. The summed E-state index contributed by atoms with van der Waals surface area (Å²) in [6, 6.07) is 13.4. The first kappa shape index (κ1) is 11.8. The SMILES string of the molecule is CC(=O)c1cccc(-c2ccc3c(c2)OCCO3)c1. The first-order valence-electron chi connectivity index (χ1n) is 6.25. The summed E-state index contributed by atoms with van der Waals surface area (Å²) in [7, 11) is 0. The molecule has 0 bridgehead atoms. The molecule has 0 N–H and O–H groups in total. The number of hydrogen-bond acceptors (Lipinski definition) is 3. The molecule has 0 radical (unpaired) electrons. The minimum absolute atomic E-state index is 0.0689. The fraction of sp³-hybridized carbons (Fsp3) is 0.188. The minimum Gasteiger partial charge on any atom is -0.486 e. The number of rotatable bonds is 2. The molecular formula is C16H14O3. The van der Waals surface area contributed by atoms with Crippen LogP contribution in [-0.4, -0.2) is 19.0 Å². The molecule has 1 aliphatic heterocycles. The Morgan fingerprint density at radius 1 is 0.947 bits per heavy atom. The van der Waals surface area contributed by atoms with Gasteiger partial charge in [0.15, 0.2) is 17.3 Å². The van der Waals surface area contributed by atoms with Gasteiger partial charge in [-0.2, -0.15) is 0 Å². The molecule has 0 aromatic heterocycles. The number of fused-ring (bicyclic) bond motifs is 1. The van der Waals surface area contributed by atoms with Gasteiger partial charge in [-0.1, -0.05) is 24.3 Å². The van der Waals surface area contributed by atoms with E-state index in [9.17, 15) is 4.79 Å². The number of Topliss-reactive ketones (excluding diaryl/α,β-unsaturated/α-hetero) is 1. The first-order chi connectivity index (χ1) is 9.24. The van der Waals surface area contributed by atoms with Gasteiger partial charge in [0, 0.05) is 5.56 Å². The van der Waals surface area contributed by atoms with Crippen LogP contribution >= 0.6 is 0 Å². The summed E-state index contributed by atoms with van der Waals surface area (Å²) in [6.45, 7) is 2.74. The molecule has 0 unspecified atom stereocenters. The first-order valence-corrected chi connectivity index (χ1v) is 6.25. The number of carbonyl (C=O) groups is 1. The second-order valence-electron chi connectivity index (χ2n) is 4.50. The van der Waals surface area contributed by atoms with Crippen molar-refractivity contribution in [3.63, 3.8) is 0 Å². The van der Waals surface area contributed by atoms with Crippen LogP contribution in [0, 0.1) is 0 Å². The third kappa shape index (κ3) is 2.32. The lowest BCUT2D eigenvalue weighted by atomic mass is 10.0. The zero-order chi connectivity index (χ0) is 13.2. The quantitative estimate of drug-likeness (QED) is 0.771. The predicted octanol–water partition coefficient (Wildman–Crippen LogP) is 3.33. The molecule has 19 heavy (non-hydrogen) atoms. The number of carbonyl (C=O) groups excluding carboxylic acids is 1. The molecule has 0 spiro atoms. The summed E-state index contributed by atoms with van der Waals surface area (Å²) in [4.78, 5) is 11.4. The topological polar surface area (TPSA) is 35.5 Å². The Morgan fingerprint density at radius 3 is 2.47 bits per heavy atom. The van der Waals surface area contributed by atoms with Crippen molar-refractivity contribution in [2.75, 3.05) is 13.2 Å². The Kier molecular flexibility index (Phi) is 2.95. The lowest BCUT2D eigenvalue weighted by molar-refractivity contribution is 0.101. The Morgan fingerprint density at radius 2 is 1.68 bits per heavy atom. The van der Waals surface area contributed by atoms with Crippen LogP contribution < -0.4 is 9.47 Å². The van der Waals surface area contributed by atoms with Crippen molar-refractivity contribution in [3.05, 3.63) is 48.0 Å². The number of hydrogen-bond donors (Lipinski definition) is 0. The molecule has 2 aromatic carbocycles. The van der Waals surface area contributed by atoms with Crippen LogP contribution in [0.2, 0.25) is 0 Å². The standard InChI is InChI=1S/C16H14O3/c1-11(17)12-3-2-4-13(9-12)14-5-6-15-16(10-14)19-8-7-18-15/h2-6,9-10H,7-8H2,1H3. The van der Waals surface area contributed by atoms with Crippen molar-refractivity contribution in [2.45, 2.75) is 6.92 Å². The highest BCUT2D eigenvalue weighted by Crippen LogP contribution is 2.34. The molecule has 0 aliphatic carbocycles. The van der Waals surface area contributed by atoms with Gasteiger partial charge in [0.25, 0.3) is 0 Å². The predicted molar refractivity (Wildman–Crippen MR) is 72.9 cm³/mol. The third-order valence-corrected chi connectivity index (χ3v) is 3.14. The van der Waals surface area contributed by atoms with Crippen molar-refractivity contribution in [3.8, 4) is 22.6 Å². The summed E-state index contributed by atoms with van der Waals surface area (Å²) in [5, 5.41) is 0. The molecule has 96 valence electrons. The fourth-order valence-electron chi connectivity index (χ4n) is 2.14. The average molecular weight is 254 g/mol. The molecule has 0 atom stereocenters. The van der Waals surface area contributed by atoms with Crippen LogP contribution in [0.4, 0.5) is 0 Å². The van der Waals surface area contributed by atoms with Gasteiger partial charge in [-0.3, -0.25) is 4.79 Å². The van der Waals surface area contributed by atoms with Gasteiger partial charge in [0.2, 0.25) is 0 Å². The molecule has 0 amide bonds. The van der Waals surface area contributed by atoms with Crippen molar-refractivity contribution >= 4 is 5.78 Å². The van der Waals surface area contributed by atoms with Gasteiger partial charge in [0.1, 0.15) is 13.2 Å². The average Bonchev–Trinajstić information content (AvgIpc) is 2.47. The second-order valence-corrected chi connectivity index (χ2v) is 4.50. The summed E-state index contributed by atoms with van der Waals surface area (Å²) >= 11 is 0. The summed E-state index contributed by atoms with van der Waals surface area (Å²) in [5.74, 6) is 1.61. The molecule has 3 heteroatoms. The number of benzene rings is 2. The van der Waals surface area contributed by atoms with E-state index in [-0.39, 0.29) is 5.78 Å². The van der Waals surface area contributed by atoms with E-state index in [0.29, 0.717) is 18.8 Å². The molecule has 0 saturated heterocycles. The van der Waals surface area contributed by atoms with E-state index in [1.54, 1.807) is 6.92 Å². The summed E-state index contributed by atoms with van der Waals surface area (Å²) in [5.41, 5.74) is 2.74.